The van der Waals surface area contributed by atoms with Crippen molar-refractivity contribution in [1.82, 2.24) is 0 Å². The van der Waals surface area contributed by atoms with Crippen LogP contribution in [0, 0.1) is 0 Å². The first-order valence-electron chi connectivity index (χ1n) is 4.55. The van der Waals surface area contributed by atoms with Crippen LogP contribution in [0.4, 0.5) is 0 Å². The van der Waals surface area contributed by atoms with Gasteiger partial charge in [-0.25, -0.2) is 0 Å². The smallest absolute Gasteiger partial charge is 0.123 e. The molecule has 0 aliphatic heterocycles. The number of hydrogen-bond acceptors (Lipinski definition) is 2. The summed E-state index contributed by atoms with van der Waals surface area (Å²) in [4.78, 5) is 0. The minimum Gasteiger partial charge on any atom is -0.508 e. The monoisotopic (exact) mass is 298 g/mol. The van der Waals surface area contributed by atoms with Crippen molar-refractivity contribution in [3.8, 4) is 22.6 Å². The molecule has 2 aromatic rings. The maximum atomic E-state index is 9.70. The second-order valence-electron chi connectivity index (χ2n) is 3.33. The lowest BCUT2D eigenvalue weighted by atomic mass is 10.0. The Hall–Kier alpha value is -1.19. The standard InChI is InChI=1S/C12H8BrClO2/c13-7-1-3-9(11(14)5-7)10-6-8(15)2-4-12(10)16/h1-6,15-16H. The number of aromatic hydroxyl groups is 2. The maximum absolute atomic E-state index is 9.70. The fraction of sp³-hybridized carbons (Fsp3) is 0. The molecule has 0 spiro atoms. The van der Waals surface area contributed by atoms with Crippen LogP contribution in [0.5, 0.6) is 11.5 Å². The number of rotatable bonds is 1. The molecule has 0 aliphatic rings. The average molecular weight is 300 g/mol. The molecule has 0 aromatic heterocycles. The summed E-state index contributed by atoms with van der Waals surface area (Å²) in [7, 11) is 0. The van der Waals surface area contributed by atoms with Gasteiger partial charge in [0.05, 0.1) is 0 Å². The highest BCUT2D eigenvalue weighted by atomic mass is 79.9. The molecular weight excluding hydrogens is 291 g/mol. The van der Waals surface area contributed by atoms with Gasteiger partial charge in [-0.1, -0.05) is 33.6 Å². The van der Waals surface area contributed by atoms with E-state index in [1.165, 1.54) is 18.2 Å². The Morgan fingerprint density at radius 3 is 2.38 bits per heavy atom. The molecule has 0 unspecified atom stereocenters. The topological polar surface area (TPSA) is 40.5 Å². The highest BCUT2D eigenvalue weighted by Gasteiger charge is 2.09. The summed E-state index contributed by atoms with van der Waals surface area (Å²) in [5, 5.41) is 19.6. The minimum atomic E-state index is 0.0852. The molecule has 0 heterocycles. The number of benzene rings is 2. The molecular formula is C12H8BrClO2. The van der Waals surface area contributed by atoms with Crippen molar-refractivity contribution in [3.63, 3.8) is 0 Å². The minimum absolute atomic E-state index is 0.0852. The van der Waals surface area contributed by atoms with Crippen molar-refractivity contribution in [3.05, 3.63) is 45.9 Å². The van der Waals surface area contributed by atoms with Gasteiger partial charge >= 0.3 is 0 Å². The van der Waals surface area contributed by atoms with Crippen LogP contribution in [0.3, 0.4) is 0 Å². The summed E-state index contributed by atoms with van der Waals surface area (Å²) >= 11 is 9.37. The molecule has 2 rings (SSSR count). The molecule has 0 aliphatic carbocycles. The number of phenolic OH excluding ortho intramolecular Hbond substituents is 2. The Morgan fingerprint density at radius 2 is 1.69 bits per heavy atom. The Bertz CT molecular complexity index is 541. The van der Waals surface area contributed by atoms with Crippen LogP contribution in [-0.4, -0.2) is 10.2 Å². The van der Waals surface area contributed by atoms with E-state index in [1.54, 1.807) is 12.1 Å². The molecule has 82 valence electrons. The zero-order chi connectivity index (χ0) is 11.7. The normalized spacial score (nSPS) is 10.4. The molecule has 4 heteroatoms. The molecule has 2 aromatic carbocycles. The van der Waals surface area contributed by atoms with E-state index in [0.717, 1.165) is 4.47 Å². The molecule has 16 heavy (non-hydrogen) atoms. The third-order valence-electron chi connectivity index (χ3n) is 2.20. The van der Waals surface area contributed by atoms with Gasteiger partial charge in [0.1, 0.15) is 11.5 Å². The van der Waals surface area contributed by atoms with Gasteiger partial charge in [0.15, 0.2) is 0 Å². The Morgan fingerprint density at radius 1 is 0.938 bits per heavy atom. The van der Waals surface area contributed by atoms with Crippen molar-refractivity contribution in [2.45, 2.75) is 0 Å². The van der Waals surface area contributed by atoms with Gasteiger partial charge in [0.2, 0.25) is 0 Å². The lowest BCUT2D eigenvalue weighted by Gasteiger charge is -2.07. The second-order valence-corrected chi connectivity index (χ2v) is 4.65. The van der Waals surface area contributed by atoms with Crippen LogP contribution < -0.4 is 0 Å². The van der Waals surface area contributed by atoms with Crippen LogP contribution >= 0.6 is 27.5 Å². The molecule has 0 saturated carbocycles. The van der Waals surface area contributed by atoms with E-state index in [2.05, 4.69) is 15.9 Å². The van der Waals surface area contributed by atoms with Gasteiger partial charge in [-0.2, -0.15) is 0 Å². The molecule has 0 bridgehead atoms. The molecule has 0 atom stereocenters. The Balaban J connectivity index is 2.62. The first kappa shape index (κ1) is 11.3. The van der Waals surface area contributed by atoms with Gasteiger partial charge in [0, 0.05) is 20.6 Å². The highest BCUT2D eigenvalue weighted by molar-refractivity contribution is 9.10. The summed E-state index contributed by atoms with van der Waals surface area (Å²) in [6.07, 6.45) is 0. The molecule has 2 nitrogen and oxygen atoms in total. The van der Waals surface area contributed by atoms with Crippen molar-refractivity contribution in [2.75, 3.05) is 0 Å². The van der Waals surface area contributed by atoms with Crippen molar-refractivity contribution < 1.29 is 10.2 Å². The van der Waals surface area contributed by atoms with Crippen LogP contribution in [0.2, 0.25) is 5.02 Å². The third kappa shape index (κ3) is 2.15. The zero-order valence-electron chi connectivity index (χ0n) is 8.11. The van der Waals surface area contributed by atoms with E-state index in [0.29, 0.717) is 16.1 Å². The molecule has 2 N–H and O–H groups in total. The lowest BCUT2D eigenvalue weighted by Crippen LogP contribution is -1.81. The summed E-state index contributed by atoms with van der Waals surface area (Å²) < 4.78 is 0.862. The fourth-order valence-corrected chi connectivity index (χ4v) is 2.22. The molecule has 0 amide bonds. The van der Waals surface area contributed by atoms with E-state index in [1.807, 2.05) is 6.07 Å². The highest BCUT2D eigenvalue weighted by Crippen LogP contribution is 2.37. The van der Waals surface area contributed by atoms with Gasteiger partial charge in [-0.05, 0) is 30.3 Å². The zero-order valence-corrected chi connectivity index (χ0v) is 10.5. The summed E-state index contributed by atoms with van der Waals surface area (Å²) in [6, 6.07) is 9.67. The molecule has 0 saturated heterocycles. The van der Waals surface area contributed by atoms with E-state index in [-0.39, 0.29) is 11.5 Å². The Labute approximate surface area is 106 Å². The predicted molar refractivity (Wildman–Crippen MR) is 67.9 cm³/mol. The van der Waals surface area contributed by atoms with Crippen molar-refractivity contribution >= 4 is 27.5 Å². The van der Waals surface area contributed by atoms with E-state index >= 15 is 0 Å². The van der Waals surface area contributed by atoms with Crippen LogP contribution in [0.15, 0.2) is 40.9 Å². The largest absolute Gasteiger partial charge is 0.508 e. The Kier molecular flexibility index (Phi) is 3.08. The average Bonchev–Trinajstić information content (AvgIpc) is 2.22. The predicted octanol–water partition coefficient (Wildman–Crippen LogP) is 4.18. The summed E-state index contributed by atoms with van der Waals surface area (Å²) in [6.45, 7) is 0. The molecule has 0 radical (unpaired) electrons. The first-order chi connectivity index (χ1) is 7.58. The van der Waals surface area contributed by atoms with Gasteiger partial charge < -0.3 is 10.2 Å². The summed E-state index contributed by atoms with van der Waals surface area (Å²) in [5.41, 5.74) is 1.19. The number of hydrogen-bond donors (Lipinski definition) is 2. The SMILES string of the molecule is Oc1ccc(O)c(-c2ccc(Br)cc2Cl)c1. The fourth-order valence-electron chi connectivity index (χ4n) is 1.45. The quantitative estimate of drug-likeness (QED) is 0.776. The molecule has 0 fully saturated rings. The van der Waals surface area contributed by atoms with Gasteiger partial charge in [-0.3, -0.25) is 0 Å². The lowest BCUT2D eigenvalue weighted by molar-refractivity contribution is 0.462. The van der Waals surface area contributed by atoms with Gasteiger partial charge in [0.25, 0.3) is 0 Å². The van der Waals surface area contributed by atoms with Crippen LogP contribution in [0.25, 0.3) is 11.1 Å². The summed E-state index contributed by atoms with van der Waals surface area (Å²) in [5.74, 6) is 0.175. The third-order valence-corrected chi connectivity index (χ3v) is 3.01. The van der Waals surface area contributed by atoms with E-state index < -0.39 is 0 Å². The number of halogens is 2. The van der Waals surface area contributed by atoms with Crippen molar-refractivity contribution in [1.29, 1.82) is 0 Å². The first-order valence-corrected chi connectivity index (χ1v) is 5.72. The second kappa shape index (κ2) is 4.36. The number of phenols is 2. The maximum Gasteiger partial charge on any atom is 0.123 e. The van der Waals surface area contributed by atoms with E-state index in [4.69, 9.17) is 11.6 Å². The van der Waals surface area contributed by atoms with E-state index in [9.17, 15) is 10.2 Å². The van der Waals surface area contributed by atoms with Crippen LogP contribution in [-0.2, 0) is 0 Å². The van der Waals surface area contributed by atoms with Gasteiger partial charge in [-0.15, -0.1) is 0 Å². The van der Waals surface area contributed by atoms with Crippen molar-refractivity contribution in [2.24, 2.45) is 0 Å². The van der Waals surface area contributed by atoms with Crippen LogP contribution in [0.1, 0.15) is 0 Å².